The highest BCUT2D eigenvalue weighted by molar-refractivity contribution is 7.89. The molecule has 0 aromatic heterocycles. The van der Waals surface area contributed by atoms with Crippen molar-refractivity contribution in [3.63, 3.8) is 0 Å². The van der Waals surface area contributed by atoms with E-state index in [-0.39, 0.29) is 18.0 Å². The van der Waals surface area contributed by atoms with E-state index in [1.165, 1.54) is 4.31 Å². The van der Waals surface area contributed by atoms with Gasteiger partial charge in [0.05, 0.1) is 11.2 Å². The van der Waals surface area contributed by atoms with Crippen LogP contribution >= 0.6 is 0 Å². The molecule has 0 unspecified atom stereocenters. The minimum Gasteiger partial charge on any atom is -0.308 e. The molecule has 1 aromatic rings. The molecule has 1 N–H and O–H groups in total. The Morgan fingerprint density at radius 3 is 1.96 bits per heavy atom. The second-order valence-electron chi connectivity index (χ2n) is 6.59. The van der Waals surface area contributed by atoms with Crippen molar-refractivity contribution in [1.29, 1.82) is 0 Å². The van der Waals surface area contributed by atoms with Crippen molar-refractivity contribution < 1.29 is 16.8 Å². The van der Waals surface area contributed by atoms with E-state index < -0.39 is 20.0 Å². The summed E-state index contributed by atoms with van der Waals surface area (Å²) in [6.45, 7) is 5.07. The predicted molar refractivity (Wildman–Crippen MR) is 101 cm³/mol. The van der Waals surface area contributed by atoms with E-state index in [0.717, 1.165) is 11.8 Å². The summed E-state index contributed by atoms with van der Waals surface area (Å²) in [7, 11) is -3.34. The van der Waals surface area contributed by atoms with E-state index in [1.54, 1.807) is 24.3 Å². The Kier molecular flexibility index (Phi) is 8.01. The topological polar surface area (TPSA) is 86.8 Å². The van der Waals surface area contributed by atoms with E-state index >= 15 is 0 Å². The first kappa shape index (κ1) is 22.0. The fourth-order valence-electron chi connectivity index (χ4n) is 2.17. The van der Waals surface area contributed by atoms with Gasteiger partial charge in [-0.1, -0.05) is 26.0 Å². The maximum atomic E-state index is 12.3. The van der Waals surface area contributed by atoms with Gasteiger partial charge in [-0.25, -0.2) is 21.6 Å². The van der Waals surface area contributed by atoms with Crippen LogP contribution in [0.3, 0.4) is 0 Å². The van der Waals surface area contributed by atoms with Gasteiger partial charge in [0.2, 0.25) is 20.0 Å². The fraction of sp³-hybridized carbons (Fsp3) is 0.625. The maximum absolute atomic E-state index is 12.3. The van der Waals surface area contributed by atoms with Crippen LogP contribution in [-0.2, 0) is 20.0 Å². The van der Waals surface area contributed by atoms with Crippen molar-refractivity contribution in [3.05, 3.63) is 29.8 Å². The molecule has 1 aromatic carbocycles. The molecule has 1 rings (SSSR count). The molecular weight excluding hydrogens is 362 g/mol. The molecule has 7 nitrogen and oxygen atoms in total. The predicted octanol–water partition coefficient (Wildman–Crippen LogP) is 0.912. The van der Waals surface area contributed by atoms with Crippen molar-refractivity contribution >= 4 is 20.0 Å². The van der Waals surface area contributed by atoms with E-state index in [9.17, 15) is 16.8 Å². The minimum absolute atomic E-state index is 0.0226. The highest BCUT2D eigenvalue weighted by atomic mass is 32.2. The summed E-state index contributed by atoms with van der Waals surface area (Å²) in [4.78, 5) is 2.05. The van der Waals surface area contributed by atoms with Crippen molar-refractivity contribution in [1.82, 2.24) is 13.9 Å². The van der Waals surface area contributed by atoms with Gasteiger partial charge in [-0.05, 0) is 37.7 Å². The molecule has 0 saturated heterocycles. The molecular formula is C16H29N3O4S2. The second kappa shape index (κ2) is 9.09. The first-order valence-corrected chi connectivity index (χ1v) is 11.5. The Balaban J connectivity index is 2.70. The van der Waals surface area contributed by atoms with E-state index in [1.807, 2.05) is 32.8 Å². The quantitative estimate of drug-likeness (QED) is 0.641. The first-order chi connectivity index (χ1) is 11.4. The van der Waals surface area contributed by atoms with E-state index in [2.05, 4.69) is 4.72 Å². The van der Waals surface area contributed by atoms with Crippen LogP contribution in [0.25, 0.3) is 0 Å². The van der Waals surface area contributed by atoms with Gasteiger partial charge in [0, 0.05) is 26.2 Å². The van der Waals surface area contributed by atoms with Crippen LogP contribution < -0.4 is 4.72 Å². The molecule has 0 saturated carbocycles. The van der Waals surface area contributed by atoms with Crippen LogP contribution in [0, 0.1) is 0 Å². The molecule has 0 spiro atoms. The molecule has 0 fully saturated rings. The van der Waals surface area contributed by atoms with E-state index in [0.29, 0.717) is 19.0 Å². The summed E-state index contributed by atoms with van der Waals surface area (Å²) in [5, 5.41) is 0. The zero-order chi connectivity index (χ0) is 19.3. The van der Waals surface area contributed by atoms with Crippen LogP contribution in [0.5, 0.6) is 0 Å². The molecule has 25 heavy (non-hydrogen) atoms. The zero-order valence-electron chi connectivity index (χ0n) is 15.6. The molecule has 144 valence electrons. The summed E-state index contributed by atoms with van der Waals surface area (Å²) in [6.07, 6.45) is 1.13. The van der Waals surface area contributed by atoms with Gasteiger partial charge in [0.15, 0.2) is 0 Å². The monoisotopic (exact) mass is 391 g/mol. The lowest BCUT2D eigenvalue weighted by Crippen LogP contribution is -2.41. The average Bonchev–Trinajstić information content (AvgIpc) is 2.49. The SMILES string of the molecule is CC(C)c1ccc(S(=O)(=O)NCCN(CCN(C)C)S(C)(=O)=O)cc1. The maximum Gasteiger partial charge on any atom is 0.240 e. The smallest absolute Gasteiger partial charge is 0.240 e. The minimum atomic E-state index is -3.66. The molecule has 0 aliphatic carbocycles. The molecule has 0 aliphatic rings. The van der Waals surface area contributed by atoms with Crippen molar-refractivity contribution in [3.8, 4) is 0 Å². The van der Waals surface area contributed by atoms with E-state index in [4.69, 9.17) is 0 Å². The molecule has 0 heterocycles. The number of benzene rings is 1. The largest absolute Gasteiger partial charge is 0.308 e. The molecule has 9 heteroatoms. The number of hydrogen-bond donors (Lipinski definition) is 1. The highest BCUT2D eigenvalue weighted by Gasteiger charge is 2.19. The Labute approximate surface area is 152 Å². The first-order valence-electron chi connectivity index (χ1n) is 8.13. The summed E-state index contributed by atoms with van der Waals surface area (Å²) in [5.41, 5.74) is 1.06. The number of sulfonamides is 2. The molecule has 0 radical (unpaired) electrons. The third kappa shape index (κ3) is 7.41. The van der Waals surface area contributed by atoms with Gasteiger partial charge >= 0.3 is 0 Å². The van der Waals surface area contributed by atoms with Gasteiger partial charge in [-0.2, -0.15) is 4.31 Å². The molecule has 0 atom stereocenters. The summed E-state index contributed by atoms with van der Waals surface area (Å²) in [6, 6.07) is 6.72. The highest BCUT2D eigenvalue weighted by Crippen LogP contribution is 2.17. The normalized spacial score (nSPS) is 13.1. The van der Waals surface area contributed by atoms with Gasteiger partial charge in [0.25, 0.3) is 0 Å². The lowest BCUT2D eigenvalue weighted by molar-refractivity contribution is 0.336. The second-order valence-corrected chi connectivity index (χ2v) is 10.3. The van der Waals surface area contributed by atoms with Crippen LogP contribution in [0.4, 0.5) is 0 Å². The van der Waals surface area contributed by atoms with Crippen molar-refractivity contribution in [2.45, 2.75) is 24.7 Å². The van der Waals surface area contributed by atoms with Crippen LogP contribution in [0.2, 0.25) is 0 Å². The number of nitrogens with zero attached hydrogens (tertiary/aromatic N) is 2. The third-order valence-corrected chi connectivity index (χ3v) is 6.56. The average molecular weight is 392 g/mol. The summed E-state index contributed by atoms with van der Waals surface area (Å²) in [5.74, 6) is 0.324. The fourth-order valence-corrected chi connectivity index (χ4v) is 4.03. The molecule has 0 aliphatic heterocycles. The van der Waals surface area contributed by atoms with Crippen molar-refractivity contribution in [2.24, 2.45) is 0 Å². The lowest BCUT2D eigenvalue weighted by atomic mass is 10.0. The number of hydrogen-bond acceptors (Lipinski definition) is 5. The van der Waals surface area contributed by atoms with Gasteiger partial charge in [-0.3, -0.25) is 0 Å². The number of likely N-dealkylation sites (N-methyl/N-ethyl adjacent to an activating group) is 1. The number of rotatable bonds is 10. The van der Waals surface area contributed by atoms with Crippen LogP contribution in [0.1, 0.15) is 25.3 Å². The Morgan fingerprint density at radius 2 is 1.52 bits per heavy atom. The Morgan fingerprint density at radius 1 is 0.960 bits per heavy atom. The zero-order valence-corrected chi connectivity index (χ0v) is 17.2. The summed E-state index contributed by atoms with van der Waals surface area (Å²) >= 11 is 0. The van der Waals surface area contributed by atoms with Crippen molar-refractivity contribution in [2.75, 3.05) is 46.5 Å². The van der Waals surface area contributed by atoms with Gasteiger partial charge in [0.1, 0.15) is 0 Å². The number of nitrogens with one attached hydrogen (secondary N) is 1. The van der Waals surface area contributed by atoms with Gasteiger partial charge in [-0.15, -0.1) is 0 Å². The third-order valence-electron chi connectivity index (χ3n) is 3.78. The molecule has 0 bridgehead atoms. The van der Waals surface area contributed by atoms with Crippen LogP contribution in [0.15, 0.2) is 29.2 Å². The lowest BCUT2D eigenvalue weighted by Gasteiger charge is -2.22. The standard InChI is InChI=1S/C16H29N3O4S2/c1-14(2)15-6-8-16(9-7-15)25(22,23)17-10-11-19(24(5,20)21)13-12-18(3)4/h6-9,14,17H,10-13H2,1-5H3. The molecule has 0 amide bonds. The van der Waals surface area contributed by atoms with Crippen LogP contribution in [-0.4, -0.2) is 72.6 Å². The Hall–Kier alpha value is -1.00. The Bertz CT molecular complexity index is 742. The summed E-state index contributed by atoms with van der Waals surface area (Å²) < 4.78 is 52.0. The van der Waals surface area contributed by atoms with Gasteiger partial charge < -0.3 is 4.90 Å².